The summed E-state index contributed by atoms with van der Waals surface area (Å²) in [5.41, 5.74) is 1.73. The molecule has 1 fully saturated rings. The zero-order valence-corrected chi connectivity index (χ0v) is 12.1. The van der Waals surface area contributed by atoms with E-state index >= 15 is 0 Å². The Bertz CT molecular complexity index is 498. The van der Waals surface area contributed by atoms with Gasteiger partial charge in [0.25, 0.3) is 0 Å². The summed E-state index contributed by atoms with van der Waals surface area (Å²) in [7, 11) is 0. The molecule has 3 N–H and O–H groups in total. The van der Waals surface area contributed by atoms with Gasteiger partial charge < -0.3 is 15.7 Å². The van der Waals surface area contributed by atoms with E-state index in [1.165, 1.54) is 0 Å². The van der Waals surface area contributed by atoms with Crippen LogP contribution in [0.5, 0.6) is 0 Å². The van der Waals surface area contributed by atoms with Crippen LogP contribution in [-0.4, -0.2) is 23.5 Å². The number of amides is 2. The fourth-order valence-corrected chi connectivity index (χ4v) is 2.04. The molecule has 0 atom stereocenters. The molecule has 0 unspecified atom stereocenters. The van der Waals surface area contributed by atoms with Crippen molar-refractivity contribution >= 4 is 17.5 Å². The number of carbonyl (C=O) groups excluding carboxylic acids is 2. The number of hydrogen-bond donors (Lipinski definition) is 3. The van der Waals surface area contributed by atoms with Crippen molar-refractivity contribution in [3.8, 4) is 0 Å². The summed E-state index contributed by atoms with van der Waals surface area (Å²) in [5, 5.41) is 14.4. The highest BCUT2D eigenvalue weighted by molar-refractivity contribution is 5.94. The molecule has 1 aromatic carbocycles. The third-order valence-corrected chi connectivity index (χ3v) is 3.44. The molecule has 1 aliphatic rings. The van der Waals surface area contributed by atoms with E-state index in [0.29, 0.717) is 25.8 Å². The number of aliphatic hydroxyl groups is 1. The first kappa shape index (κ1) is 15.5. The first-order valence-electron chi connectivity index (χ1n) is 7.46. The largest absolute Gasteiger partial charge is 0.396 e. The molecule has 5 heteroatoms. The molecule has 0 aliphatic heterocycles. The Morgan fingerprint density at radius 3 is 2.76 bits per heavy atom. The van der Waals surface area contributed by atoms with Crippen molar-refractivity contribution in [3.63, 3.8) is 0 Å². The van der Waals surface area contributed by atoms with Gasteiger partial charge in [-0.3, -0.25) is 9.59 Å². The van der Waals surface area contributed by atoms with Crippen LogP contribution < -0.4 is 10.6 Å². The van der Waals surface area contributed by atoms with Gasteiger partial charge in [-0.25, -0.2) is 0 Å². The Labute approximate surface area is 124 Å². The molecule has 1 aromatic rings. The van der Waals surface area contributed by atoms with Crippen LogP contribution in [0.3, 0.4) is 0 Å². The molecule has 1 saturated carbocycles. The number of aliphatic hydroxyl groups excluding tert-OH is 1. The van der Waals surface area contributed by atoms with Crippen molar-refractivity contribution < 1.29 is 14.7 Å². The molecule has 1 aliphatic carbocycles. The number of hydrogen-bond acceptors (Lipinski definition) is 3. The standard InChI is InChI=1S/C16H22N2O3/c19-9-2-1-6-15(20)17-11-12-4-3-5-14(10-12)18-16(21)13-7-8-13/h3-5,10,13,19H,1-2,6-9,11H2,(H,17,20)(H,18,21). The van der Waals surface area contributed by atoms with E-state index in [1.54, 1.807) is 0 Å². The van der Waals surface area contributed by atoms with Gasteiger partial charge in [0.05, 0.1) is 0 Å². The molecule has 0 saturated heterocycles. The second kappa shape index (κ2) is 7.78. The molecule has 114 valence electrons. The van der Waals surface area contributed by atoms with E-state index in [4.69, 9.17) is 5.11 Å². The topological polar surface area (TPSA) is 78.4 Å². The summed E-state index contributed by atoms with van der Waals surface area (Å²) in [6.07, 6.45) is 3.74. The van der Waals surface area contributed by atoms with Crippen molar-refractivity contribution in [2.45, 2.75) is 38.6 Å². The summed E-state index contributed by atoms with van der Waals surface area (Å²) in [4.78, 5) is 23.3. The van der Waals surface area contributed by atoms with Crippen LogP contribution >= 0.6 is 0 Å². The van der Waals surface area contributed by atoms with E-state index in [0.717, 1.165) is 24.1 Å². The third-order valence-electron chi connectivity index (χ3n) is 3.44. The first-order valence-corrected chi connectivity index (χ1v) is 7.46. The van der Waals surface area contributed by atoms with E-state index in [9.17, 15) is 9.59 Å². The van der Waals surface area contributed by atoms with Crippen LogP contribution in [-0.2, 0) is 16.1 Å². The highest BCUT2D eigenvalue weighted by Gasteiger charge is 2.29. The average molecular weight is 290 g/mol. The Kier molecular flexibility index (Phi) is 5.75. The Morgan fingerprint density at radius 2 is 2.05 bits per heavy atom. The summed E-state index contributed by atoms with van der Waals surface area (Å²) < 4.78 is 0. The van der Waals surface area contributed by atoms with Gasteiger partial charge in [-0.2, -0.15) is 0 Å². The van der Waals surface area contributed by atoms with E-state index in [1.807, 2.05) is 24.3 Å². The van der Waals surface area contributed by atoms with Gasteiger partial charge in [0.2, 0.25) is 11.8 Å². The van der Waals surface area contributed by atoms with Gasteiger partial charge in [0.15, 0.2) is 0 Å². The SMILES string of the molecule is O=C(CCCCO)NCc1cccc(NC(=O)C2CC2)c1. The third kappa shape index (κ3) is 5.55. The van der Waals surface area contributed by atoms with Gasteiger partial charge in [0, 0.05) is 31.2 Å². The van der Waals surface area contributed by atoms with Crippen LogP contribution in [0.25, 0.3) is 0 Å². The lowest BCUT2D eigenvalue weighted by Gasteiger charge is -2.08. The van der Waals surface area contributed by atoms with E-state index in [-0.39, 0.29) is 24.3 Å². The maximum Gasteiger partial charge on any atom is 0.227 e. The minimum Gasteiger partial charge on any atom is -0.396 e. The van der Waals surface area contributed by atoms with Crippen LogP contribution in [0.4, 0.5) is 5.69 Å². The maximum absolute atomic E-state index is 11.7. The number of rotatable bonds is 8. The summed E-state index contributed by atoms with van der Waals surface area (Å²) >= 11 is 0. The van der Waals surface area contributed by atoms with Gasteiger partial charge in [0.1, 0.15) is 0 Å². The minimum absolute atomic E-state index is 0.0177. The normalized spacial score (nSPS) is 13.8. The molecule has 0 radical (unpaired) electrons. The molecule has 0 heterocycles. The molecule has 2 amide bonds. The number of anilines is 1. The molecule has 21 heavy (non-hydrogen) atoms. The molecule has 2 rings (SSSR count). The lowest BCUT2D eigenvalue weighted by Crippen LogP contribution is -2.22. The zero-order valence-electron chi connectivity index (χ0n) is 12.1. The molecule has 0 spiro atoms. The molecular formula is C16H22N2O3. The van der Waals surface area contributed by atoms with Crippen molar-refractivity contribution in [1.29, 1.82) is 0 Å². The number of nitrogens with one attached hydrogen (secondary N) is 2. The van der Waals surface area contributed by atoms with E-state index < -0.39 is 0 Å². The number of unbranched alkanes of at least 4 members (excludes halogenated alkanes) is 1. The molecule has 0 bridgehead atoms. The predicted molar refractivity (Wildman–Crippen MR) is 80.6 cm³/mol. The lowest BCUT2D eigenvalue weighted by molar-refractivity contribution is -0.121. The van der Waals surface area contributed by atoms with Gasteiger partial charge in [-0.1, -0.05) is 12.1 Å². The minimum atomic E-state index is -0.0177. The summed E-state index contributed by atoms with van der Waals surface area (Å²) in [6.45, 7) is 0.571. The Hall–Kier alpha value is -1.88. The van der Waals surface area contributed by atoms with Crippen LogP contribution in [0, 0.1) is 5.92 Å². The van der Waals surface area contributed by atoms with Crippen molar-refractivity contribution in [2.24, 2.45) is 5.92 Å². The Balaban J connectivity index is 1.77. The zero-order chi connectivity index (χ0) is 15.1. The maximum atomic E-state index is 11.7. The summed E-state index contributed by atoms with van der Waals surface area (Å²) in [5.74, 6) is 0.246. The second-order valence-corrected chi connectivity index (χ2v) is 5.42. The van der Waals surface area contributed by atoms with Gasteiger partial charge in [-0.15, -0.1) is 0 Å². The van der Waals surface area contributed by atoms with Crippen LogP contribution in [0.15, 0.2) is 24.3 Å². The van der Waals surface area contributed by atoms with E-state index in [2.05, 4.69) is 10.6 Å². The highest BCUT2D eigenvalue weighted by Crippen LogP contribution is 2.30. The smallest absolute Gasteiger partial charge is 0.227 e. The monoisotopic (exact) mass is 290 g/mol. The van der Waals surface area contributed by atoms with Crippen molar-refractivity contribution in [1.82, 2.24) is 5.32 Å². The second-order valence-electron chi connectivity index (χ2n) is 5.42. The Morgan fingerprint density at radius 1 is 1.24 bits per heavy atom. The number of benzene rings is 1. The quantitative estimate of drug-likeness (QED) is 0.639. The molecule has 0 aromatic heterocycles. The first-order chi connectivity index (χ1) is 10.2. The van der Waals surface area contributed by atoms with Gasteiger partial charge >= 0.3 is 0 Å². The van der Waals surface area contributed by atoms with Crippen molar-refractivity contribution in [2.75, 3.05) is 11.9 Å². The van der Waals surface area contributed by atoms with Gasteiger partial charge in [-0.05, 0) is 43.4 Å². The fraction of sp³-hybridized carbons (Fsp3) is 0.500. The number of carbonyl (C=O) groups is 2. The van der Waals surface area contributed by atoms with Crippen LogP contribution in [0.1, 0.15) is 37.7 Å². The molecule has 5 nitrogen and oxygen atoms in total. The fourth-order valence-electron chi connectivity index (χ4n) is 2.04. The highest BCUT2D eigenvalue weighted by atomic mass is 16.3. The van der Waals surface area contributed by atoms with Crippen molar-refractivity contribution in [3.05, 3.63) is 29.8 Å². The van der Waals surface area contributed by atoms with Crippen LogP contribution in [0.2, 0.25) is 0 Å². The lowest BCUT2D eigenvalue weighted by atomic mass is 10.2. The average Bonchev–Trinajstić information content (AvgIpc) is 3.30. The molecular weight excluding hydrogens is 268 g/mol. The predicted octanol–water partition coefficient (Wildman–Crippen LogP) is 1.81. The summed E-state index contributed by atoms with van der Waals surface area (Å²) in [6, 6.07) is 7.53.